The summed E-state index contributed by atoms with van der Waals surface area (Å²) in [4.78, 5) is 4.42. The Morgan fingerprint density at radius 1 is 1.00 bits per heavy atom. The lowest BCUT2D eigenvalue weighted by Crippen LogP contribution is -2.51. The molecule has 1 saturated heterocycles. The Balaban J connectivity index is 1.37. The Bertz CT molecular complexity index is 784. The molecule has 0 radical (unpaired) electrons. The second-order valence-corrected chi connectivity index (χ2v) is 8.37. The number of halogens is 2. The van der Waals surface area contributed by atoms with Crippen LogP contribution in [0.15, 0.2) is 48.5 Å². The largest absolute Gasteiger partial charge is 0.491 e. The van der Waals surface area contributed by atoms with Gasteiger partial charge in [0.15, 0.2) is 0 Å². The SMILES string of the molecule is CC(c1cccc(F)c1)C(O)CN1CCN(CC(O)COc2ccc(Cl)cc2)CC1. The maximum absolute atomic E-state index is 13.4. The van der Waals surface area contributed by atoms with Crippen molar-refractivity contribution in [2.24, 2.45) is 0 Å². The molecule has 0 aliphatic carbocycles. The van der Waals surface area contributed by atoms with E-state index < -0.39 is 12.2 Å². The van der Waals surface area contributed by atoms with Crippen LogP contribution in [0.5, 0.6) is 5.75 Å². The first-order chi connectivity index (χ1) is 14.4. The fourth-order valence-corrected chi connectivity index (χ4v) is 3.79. The Kier molecular flexibility index (Phi) is 8.48. The van der Waals surface area contributed by atoms with Crippen LogP contribution in [0.25, 0.3) is 0 Å². The highest BCUT2D eigenvalue weighted by molar-refractivity contribution is 6.30. The summed E-state index contributed by atoms with van der Waals surface area (Å²) in [7, 11) is 0. The van der Waals surface area contributed by atoms with E-state index in [0.29, 0.717) is 23.9 Å². The molecule has 164 valence electrons. The number of β-amino-alcohol motifs (C(OH)–C–C–N with tert-alkyl or cyclic N) is 2. The number of hydrogen-bond acceptors (Lipinski definition) is 5. The molecule has 3 unspecified atom stereocenters. The van der Waals surface area contributed by atoms with E-state index in [2.05, 4.69) is 9.80 Å². The standard InChI is InChI=1S/C23H30ClFN2O3/c1-17(18-3-2-4-20(25)13-18)23(29)15-27-11-9-26(10-12-27)14-21(28)16-30-22-7-5-19(24)6-8-22/h2-8,13,17,21,23,28-29H,9-12,14-16H2,1H3. The van der Waals surface area contributed by atoms with Crippen molar-refractivity contribution < 1.29 is 19.3 Å². The van der Waals surface area contributed by atoms with Gasteiger partial charge in [0.05, 0.1) is 6.10 Å². The van der Waals surface area contributed by atoms with Crippen LogP contribution in [0.1, 0.15) is 18.4 Å². The number of rotatable bonds is 9. The van der Waals surface area contributed by atoms with Crippen LogP contribution in [-0.2, 0) is 0 Å². The number of benzene rings is 2. The van der Waals surface area contributed by atoms with Crippen molar-refractivity contribution in [2.75, 3.05) is 45.9 Å². The van der Waals surface area contributed by atoms with Gasteiger partial charge in [-0.15, -0.1) is 0 Å². The number of ether oxygens (including phenoxy) is 1. The first-order valence-corrected chi connectivity index (χ1v) is 10.7. The third-order valence-electron chi connectivity index (χ3n) is 5.59. The van der Waals surface area contributed by atoms with Crippen molar-refractivity contribution in [1.82, 2.24) is 9.80 Å². The lowest BCUT2D eigenvalue weighted by molar-refractivity contribution is 0.0297. The van der Waals surface area contributed by atoms with Gasteiger partial charge in [-0.05, 0) is 42.0 Å². The highest BCUT2D eigenvalue weighted by Crippen LogP contribution is 2.21. The molecule has 1 heterocycles. The Morgan fingerprint density at radius 2 is 1.63 bits per heavy atom. The van der Waals surface area contributed by atoms with Crippen molar-refractivity contribution >= 4 is 11.6 Å². The highest BCUT2D eigenvalue weighted by Gasteiger charge is 2.24. The summed E-state index contributed by atoms with van der Waals surface area (Å²) in [6.45, 7) is 6.52. The molecule has 1 fully saturated rings. The van der Waals surface area contributed by atoms with Crippen LogP contribution in [-0.4, -0.2) is 78.1 Å². The van der Waals surface area contributed by atoms with E-state index in [-0.39, 0.29) is 18.3 Å². The predicted octanol–water partition coefficient (Wildman–Crippen LogP) is 3.00. The topological polar surface area (TPSA) is 56.2 Å². The molecule has 2 aromatic carbocycles. The molecule has 3 rings (SSSR count). The minimum absolute atomic E-state index is 0.134. The summed E-state index contributed by atoms with van der Waals surface area (Å²) in [6.07, 6.45) is -1.14. The molecule has 0 saturated carbocycles. The van der Waals surface area contributed by atoms with E-state index in [4.69, 9.17) is 16.3 Å². The molecule has 1 aliphatic heterocycles. The highest BCUT2D eigenvalue weighted by atomic mass is 35.5. The van der Waals surface area contributed by atoms with E-state index >= 15 is 0 Å². The summed E-state index contributed by atoms with van der Waals surface area (Å²) in [5.74, 6) is 0.272. The predicted molar refractivity (Wildman–Crippen MR) is 117 cm³/mol. The lowest BCUT2D eigenvalue weighted by atomic mass is 9.95. The van der Waals surface area contributed by atoms with Crippen LogP contribution in [0.4, 0.5) is 4.39 Å². The molecule has 30 heavy (non-hydrogen) atoms. The average molecular weight is 437 g/mol. The fraction of sp³-hybridized carbons (Fsp3) is 0.478. The molecule has 0 aromatic heterocycles. The molecule has 7 heteroatoms. The Morgan fingerprint density at radius 3 is 2.27 bits per heavy atom. The van der Waals surface area contributed by atoms with Crippen molar-refractivity contribution in [3.63, 3.8) is 0 Å². The van der Waals surface area contributed by atoms with Gasteiger partial charge in [-0.3, -0.25) is 9.80 Å². The molecule has 1 aliphatic rings. The maximum atomic E-state index is 13.4. The normalized spacial score (nSPS) is 18.7. The van der Waals surface area contributed by atoms with E-state index in [9.17, 15) is 14.6 Å². The van der Waals surface area contributed by atoms with Gasteiger partial charge < -0.3 is 14.9 Å². The molecular weight excluding hydrogens is 407 g/mol. The summed E-state index contributed by atoms with van der Waals surface area (Å²) in [5.41, 5.74) is 0.810. The molecule has 2 N–H and O–H groups in total. The van der Waals surface area contributed by atoms with Gasteiger partial charge >= 0.3 is 0 Å². The van der Waals surface area contributed by atoms with E-state index in [1.165, 1.54) is 12.1 Å². The lowest BCUT2D eigenvalue weighted by Gasteiger charge is -2.37. The molecule has 2 aromatic rings. The third kappa shape index (κ3) is 6.93. The molecule has 3 atom stereocenters. The number of piperazine rings is 1. The minimum atomic E-state index is -0.578. The molecule has 0 amide bonds. The first kappa shape index (κ1) is 23.0. The van der Waals surface area contributed by atoms with Crippen molar-refractivity contribution in [3.8, 4) is 5.75 Å². The van der Waals surface area contributed by atoms with Gasteiger partial charge in [-0.25, -0.2) is 4.39 Å². The Labute approximate surface area is 182 Å². The monoisotopic (exact) mass is 436 g/mol. The van der Waals surface area contributed by atoms with Crippen LogP contribution < -0.4 is 4.74 Å². The number of nitrogens with zero attached hydrogens (tertiary/aromatic N) is 2. The average Bonchev–Trinajstić information content (AvgIpc) is 2.74. The summed E-state index contributed by atoms with van der Waals surface area (Å²) >= 11 is 5.85. The smallest absolute Gasteiger partial charge is 0.123 e. The van der Waals surface area contributed by atoms with Gasteiger partial charge in [0.1, 0.15) is 24.3 Å². The van der Waals surface area contributed by atoms with Gasteiger partial charge in [-0.1, -0.05) is 30.7 Å². The quantitative estimate of drug-likeness (QED) is 0.633. The zero-order valence-electron chi connectivity index (χ0n) is 17.3. The number of hydrogen-bond donors (Lipinski definition) is 2. The van der Waals surface area contributed by atoms with Crippen molar-refractivity contribution in [3.05, 3.63) is 64.9 Å². The zero-order valence-corrected chi connectivity index (χ0v) is 18.0. The summed E-state index contributed by atoms with van der Waals surface area (Å²) < 4.78 is 19.0. The van der Waals surface area contributed by atoms with E-state index in [0.717, 1.165) is 31.7 Å². The fourth-order valence-electron chi connectivity index (χ4n) is 3.66. The third-order valence-corrected chi connectivity index (χ3v) is 5.84. The molecule has 0 bridgehead atoms. The maximum Gasteiger partial charge on any atom is 0.123 e. The van der Waals surface area contributed by atoms with Crippen LogP contribution in [0.2, 0.25) is 5.02 Å². The van der Waals surface area contributed by atoms with Crippen molar-refractivity contribution in [1.29, 1.82) is 0 Å². The number of aliphatic hydroxyl groups is 2. The van der Waals surface area contributed by atoms with E-state index in [1.54, 1.807) is 30.3 Å². The number of aliphatic hydroxyl groups excluding tert-OH is 2. The van der Waals surface area contributed by atoms with Crippen LogP contribution in [0, 0.1) is 5.82 Å². The molecule has 5 nitrogen and oxygen atoms in total. The van der Waals surface area contributed by atoms with Crippen LogP contribution >= 0.6 is 11.6 Å². The summed E-state index contributed by atoms with van der Waals surface area (Å²) in [5, 5.41) is 21.5. The van der Waals surface area contributed by atoms with E-state index in [1.807, 2.05) is 13.0 Å². The minimum Gasteiger partial charge on any atom is -0.491 e. The first-order valence-electron chi connectivity index (χ1n) is 10.4. The van der Waals surface area contributed by atoms with Gasteiger partial charge in [0.2, 0.25) is 0 Å². The van der Waals surface area contributed by atoms with Gasteiger partial charge in [-0.2, -0.15) is 0 Å². The van der Waals surface area contributed by atoms with Gasteiger partial charge in [0, 0.05) is 50.2 Å². The second-order valence-electron chi connectivity index (χ2n) is 7.93. The molecular formula is C23H30ClFN2O3. The Hall–Kier alpha value is -1.70. The summed E-state index contributed by atoms with van der Waals surface area (Å²) in [6, 6.07) is 13.5. The zero-order chi connectivity index (χ0) is 21.5. The second kappa shape index (κ2) is 11.1. The van der Waals surface area contributed by atoms with Crippen molar-refractivity contribution in [2.45, 2.75) is 25.0 Å². The van der Waals surface area contributed by atoms with Gasteiger partial charge in [0.25, 0.3) is 0 Å². The van der Waals surface area contributed by atoms with Crippen LogP contribution in [0.3, 0.4) is 0 Å². The molecule has 0 spiro atoms.